The van der Waals surface area contributed by atoms with Crippen LogP contribution in [0.5, 0.6) is 5.88 Å². The molecule has 0 amide bonds. The average Bonchev–Trinajstić information content (AvgIpc) is 2.14. The smallest absolute Gasteiger partial charge is 0.387 e. The van der Waals surface area contributed by atoms with E-state index in [0.717, 1.165) is 0 Å². The number of hydrogen-bond donors (Lipinski definition) is 0. The third-order valence-corrected chi connectivity index (χ3v) is 2.71. The summed E-state index contributed by atoms with van der Waals surface area (Å²) in [6.45, 7) is 0. The zero-order chi connectivity index (χ0) is 12.3. The van der Waals surface area contributed by atoms with E-state index in [0.29, 0.717) is 15.6 Å². The Morgan fingerprint density at radius 3 is 2.62 bits per heavy atom. The highest BCUT2D eigenvalue weighted by Gasteiger charge is 2.33. The molecule has 0 aliphatic rings. The van der Waals surface area contributed by atoms with E-state index in [-0.39, 0.29) is 10.9 Å². The monoisotopic (exact) mass is 409 g/mol. The summed E-state index contributed by atoms with van der Waals surface area (Å²) in [4.78, 5) is 14.2. The minimum absolute atomic E-state index is 0.199. The number of halogens is 5. The van der Waals surface area contributed by atoms with Crippen molar-refractivity contribution < 1.29 is 22.7 Å². The molecule has 0 saturated carbocycles. The lowest BCUT2D eigenvalue weighted by atomic mass is 10.2. The van der Waals surface area contributed by atoms with Gasteiger partial charge in [0.15, 0.2) is 6.29 Å². The molecule has 0 bridgehead atoms. The molecule has 0 N–H and O–H groups in total. The van der Waals surface area contributed by atoms with E-state index in [9.17, 15) is 18.0 Å². The third-order valence-electron chi connectivity index (χ3n) is 1.55. The summed E-state index contributed by atoms with van der Waals surface area (Å²) < 4.78 is 40.1. The Kier molecular flexibility index (Phi) is 4.53. The lowest BCUT2D eigenvalue weighted by Gasteiger charge is -2.11. The maximum absolute atomic E-state index is 12.0. The van der Waals surface area contributed by atoms with Gasteiger partial charge in [0.1, 0.15) is 3.70 Å². The molecular weight excluding hydrogens is 406 g/mol. The van der Waals surface area contributed by atoms with E-state index < -0.39 is 12.2 Å². The summed E-state index contributed by atoms with van der Waals surface area (Å²) in [5.41, 5.74) is 0.197. The molecule has 88 valence electrons. The maximum Gasteiger partial charge on any atom is 0.574 e. The molecule has 1 aromatic rings. The van der Waals surface area contributed by atoms with Gasteiger partial charge in [-0.05, 0) is 34.2 Å². The number of aromatic nitrogens is 1. The topological polar surface area (TPSA) is 39.2 Å². The van der Waals surface area contributed by atoms with Gasteiger partial charge in [-0.1, -0.05) is 15.9 Å². The minimum atomic E-state index is -4.86. The number of aldehydes is 1. The molecule has 1 aromatic heterocycles. The second-order valence-corrected chi connectivity index (χ2v) is 4.29. The van der Waals surface area contributed by atoms with Gasteiger partial charge in [0.05, 0.1) is 5.56 Å². The average molecular weight is 410 g/mol. The van der Waals surface area contributed by atoms with E-state index in [4.69, 9.17) is 0 Å². The Labute approximate surface area is 111 Å². The second-order valence-electron chi connectivity index (χ2n) is 2.62. The third kappa shape index (κ3) is 3.58. The fourth-order valence-electron chi connectivity index (χ4n) is 0.972. The molecule has 0 aliphatic carbocycles. The van der Waals surface area contributed by atoms with Crippen molar-refractivity contribution in [2.24, 2.45) is 0 Å². The number of rotatable bonds is 3. The zero-order valence-corrected chi connectivity index (χ0v) is 11.3. The van der Waals surface area contributed by atoms with E-state index in [1.165, 1.54) is 6.07 Å². The Balaban J connectivity index is 3.25. The van der Waals surface area contributed by atoms with Gasteiger partial charge in [0.2, 0.25) is 5.88 Å². The number of pyridine rings is 1. The number of alkyl halides is 4. The largest absolute Gasteiger partial charge is 0.574 e. The van der Waals surface area contributed by atoms with Gasteiger partial charge in [-0.15, -0.1) is 13.2 Å². The first-order valence-electron chi connectivity index (χ1n) is 3.83. The van der Waals surface area contributed by atoms with Crippen LogP contribution in [0, 0.1) is 3.70 Å². The van der Waals surface area contributed by atoms with Crippen LogP contribution in [0.1, 0.15) is 15.9 Å². The van der Waals surface area contributed by atoms with Gasteiger partial charge in [0.25, 0.3) is 0 Å². The van der Waals surface area contributed by atoms with Gasteiger partial charge in [-0.25, -0.2) is 4.98 Å². The zero-order valence-electron chi connectivity index (χ0n) is 7.52. The first-order chi connectivity index (χ1) is 7.37. The second kappa shape index (κ2) is 5.30. The standard InChI is InChI=1S/C8H4BrF3INO2/c9-2-4-1-6(13)14-7(5(4)3-15)16-8(10,11)12/h1,3H,2H2. The Morgan fingerprint density at radius 1 is 1.56 bits per heavy atom. The molecule has 1 rings (SSSR count). The van der Waals surface area contributed by atoms with Gasteiger partial charge in [-0.3, -0.25) is 4.79 Å². The Hall–Kier alpha value is -0.380. The molecule has 0 saturated heterocycles. The highest BCUT2D eigenvalue weighted by atomic mass is 127. The number of carbonyl (C=O) groups is 1. The molecule has 0 aliphatic heterocycles. The predicted molar refractivity (Wildman–Crippen MR) is 61.7 cm³/mol. The summed E-state index contributed by atoms with van der Waals surface area (Å²) in [6.07, 6.45) is -4.57. The van der Waals surface area contributed by atoms with Crippen LogP contribution in [0.25, 0.3) is 0 Å². The van der Waals surface area contributed by atoms with Gasteiger partial charge < -0.3 is 4.74 Å². The predicted octanol–water partition coefficient (Wildman–Crippen LogP) is 3.29. The number of ether oxygens (including phenoxy) is 1. The molecule has 3 nitrogen and oxygen atoms in total. The van der Waals surface area contributed by atoms with Crippen molar-refractivity contribution >= 4 is 44.8 Å². The molecule has 0 radical (unpaired) electrons. The van der Waals surface area contributed by atoms with E-state index >= 15 is 0 Å². The number of nitrogens with zero attached hydrogens (tertiary/aromatic N) is 1. The Morgan fingerprint density at radius 2 is 2.19 bits per heavy atom. The summed E-state index contributed by atoms with van der Waals surface area (Å²) in [5, 5.41) is 0.244. The molecule has 8 heteroatoms. The van der Waals surface area contributed by atoms with Gasteiger partial charge in [0, 0.05) is 5.33 Å². The highest BCUT2D eigenvalue weighted by molar-refractivity contribution is 14.1. The van der Waals surface area contributed by atoms with Crippen LogP contribution >= 0.6 is 38.5 Å². The first kappa shape index (κ1) is 13.7. The molecule has 0 spiro atoms. The van der Waals surface area contributed by atoms with Crippen molar-refractivity contribution in [3.05, 3.63) is 20.9 Å². The quantitative estimate of drug-likeness (QED) is 0.333. The Bertz CT molecular complexity index is 411. The number of hydrogen-bond acceptors (Lipinski definition) is 3. The molecule has 0 fully saturated rings. The molecule has 0 atom stereocenters. The van der Waals surface area contributed by atoms with Crippen LogP contribution in [-0.4, -0.2) is 17.6 Å². The minimum Gasteiger partial charge on any atom is -0.387 e. The molecule has 0 unspecified atom stereocenters. The van der Waals surface area contributed by atoms with Crippen molar-refractivity contribution in [2.45, 2.75) is 11.7 Å². The maximum atomic E-state index is 12.0. The molecule has 0 aromatic carbocycles. The molecular formula is C8H4BrF3INO2. The van der Waals surface area contributed by atoms with Crippen LogP contribution in [0.4, 0.5) is 13.2 Å². The fourth-order valence-corrected chi connectivity index (χ4v) is 2.03. The van der Waals surface area contributed by atoms with E-state index in [2.05, 4.69) is 25.7 Å². The van der Waals surface area contributed by atoms with Crippen molar-refractivity contribution in [3.63, 3.8) is 0 Å². The molecule has 16 heavy (non-hydrogen) atoms. The van der Waals surface area contributed by atoms with Crippen LogP contribution in [0.2, 0.25) is 0 Å². The van der Waals surface area contributed by atoms with E-state index in [1.807, 2.05) is 0 Å². The number of carbonyl (C=O) groups excluding carboxylic acids is 1. The highest BCUT2D eigenvalue weighted by Crippen LogP contribution is 2.27. The first-order valence-corrected chi connectivity index (χ1v) is 6.03. The lowest BCUT2D eigenvalue weighted by molar-refractivity contribution is -0.276. The molecule has 1 heterocycles. The lowest BCUT2D eigenvalue weighted by Crippen LogP contribution is -2.19. The van der Waals surface area contributed by atoms with Gasteiger partial charge in [-0.2, -0.15) is 0 Å². The summed E-state index contributed by atoms with van der Waals surface area (Å²) in [5.74, 6) is -0.719. The normalized spacial score (nSPS) is 11.3. The SMILES string of the molecule is O=Cc1c(CBr)cc(I)nc1OC(F)(F)F. The van der Waals surface area contributed by atoms with Crippen molar-refractivity contribution in [2.75, 3.05) is 0 Å². The van der Waals surface area contributed by atoms with Crippen molar-refractivity contribution in [3.8, 4) is 5.88 Å². The van der Waals surface area contributed by atoms with E-state index in [1.54, 1.807) is 22.6 Å². The summed E-state index contributed by atoms with van der Waals surface area (Å²) >= 11 is 4.81. The summed E-state index contributed by atoms with van der Waals surface area (Å²) in [7, 11) is 0. The fraction of sp³-hybridized carbons (Fsp3) is 0.250. The van der Waals surface area contributed by atoms with Gasteiger partial charge >= 0.3 is 6.36 Å². The van der Waals surface area contributed by atoms with Crippen molar-refractivity contribution in [1.82, 2.24) is 4.98 Å². The van der Waals surface area contributed by atoms with Crippen LogP contribution in [0.3, 0.4) is 0 Å². The summed E-state index contributed by atoms with van der Waals surface area (Å²) in [6, 6.07) is 1.50. The van der Waals surface area contributed by atoms with Crippen molar-refractivity contribution in [1.29, 1.82) is 0 Å². The van der Waals surface area contributed by atoms with Crippen LogP contribution in [0.15, 0.2) is 6.07 Å². The van der Waals surface area contributed by atoms with Crippen LogP contribution < -0.4 is 4.74 Å². The van der Waals surface area contributed by atoms with Crippen LogP contribution in [-0.2, 0) is 5.33 Å².